The number of benzene rings is 1. The summed E-state index contributed by atoms with van der Waals surface area (Å²) in [5.41, 5.74) is 2.27. The second kappa shape index (κ2) is 8.71. The summed E-state index contributed by atoms with van der Waals surface area (Å²) in [7, 11) is 1.38. The molecule has 1 aromatic rings. The second-order valence-electron chi connectivity index (χ2n) is 7.05. The van der Waals surface area contributed by atoms with E-state index >= 15 is 0 Å². The number of rotatable bonds is 5. The lowest BCUT2D eigenvalue weighted by atomic mass is 9.82. The van der Waals surface area contributed by atoms with Crippen LogP contribution in [0.4, 0.5) is 0 Å². The van der Waals surface area contributed by atoms with E-state index in [9.17, 15) is 9.59 Å². The van der Waals surface area contributed by atoms with Crippen molar-refractivity contribution in [1.29, 1.82) is 0 Å². The van der Waals surface area contributed by atoms with E-state index < -0.39 is 0 Å². The molecular weight excluding hydrogens is 348 g/mol. The molecule has 1 aromatic carbocycles. The zero-order valence-electron chi connectivity index (χ0n) is 15.4. The Morgan fingerprint density at radius 2 is 2.04 bits per heavy atom. The van der Waals surface area contributed by atoms with Gasteiger partial charge in [-0.2, -0.15) is 0 Å². The molecule has 1 heterocycles. The summed E-state index contributed by atoms with van der Waals surface area (Å²) in [6, 6.07) is 8.04. The van der Waals surface area contributed by atoms with E-state index in [-0.39, 0.29) is 30.3 Å². The maximum atomic E-state index is 13.1. The number of nitrogens with zero attached hydrogens (tertiary/aromatic N) is 1. The van der Waals surface area contributed by atoms with Gasteiger partial charge >= 0.3 is 5.97 Å². The van der Waals surface area contributed by atoms with Crippen molar-refractivity contribution in [1.82, 2.24) is 5.32 Å². The van der Waals surface area contributed by atoms with Gasteiger partial charge in [0.05, 0.1) is 25.5 Å². The quantitative estimate of drug-likeness (QED) is 0.802. The predicted octanol–water partition coefficient (Wildman–Crippen LogP) is 3.42. The molecular formula is C20H26N2O3S. The van der Waals surface area contributed by atoms with Crippen molar-refractivity contribution >= 4 is 28.8 Å². The fourth-order valence-electron chi connectivity index (χ4n) is 3.88. The van der Waals surface area contributed by atoms with Gasteiger partial charge in [0.1, 0.15) is 0 Å². The Bertz CT molecular complexity index is 698. The van der Waals surface area contributed by atoms with E-state index in [1.807, 2.05) is 12.1 Å². The van der Waals surface area contributed by atoms with Gasteiger partial charge in [-0.3, -0.25) is 14.6 Å². The van der Waals surface area contributed by atoms with Gasteiger partial charge < -0.3 is 10.1 Å². The van der Waals surface area contributed by atoms with Crippen LogP contribution in [0.5, 0.6) is 0 Å². The van der Waals surface area contributed by atoms with Crippen LogP contribution >= 0.6 is 11.8 Å². The molecule has 0 aromatic heterocycles. The number of hydrogen-bond acceptors (Lipinski definition) is 5. The van der Waals surface area contributed by atoms with Gasteiger partial charge in [0.2, 0.25) is 5.91 Å². The molecule has 26 heavy (non-hydrogen) atoms. The average molecular weight is 375 g/mol. The standard InChI is InChI=1S/C20H26N2O3S/c1-13-7-3-6-10-16(13)18(14-8-4-5-9-14)19(24)22-20-21-15(12-26-20)11-17(23)25-2/h3,6-7,10,14-15,18H,4-5,8-9,11-12H2,1-2H3,(H,21,22,24). The van der Waals surface area contributed by atoms with Gasteiger partial charge in [-0.25, -0.2) is 0 Å². The van der Waals surface area contributed by atoms with E-state index in [4.69, 9.17) is 4.74 Å². The zero-order valence-corrected chi connectivity index (χ0v) is 16.2. The van der Waals surface area contributed by atoms with Gasteiger partial charge in [0.15, 0.2) is 5.17 Å². The Morgan fingerprint density at radius 1 is 1.31 bits per heavy atom. The SMILES string of the molecule is COC(=O)CC1CSC(NC(=O)C(c2ccccc2C)C2CCCC2)=N1. The number of hydrogen-bond donors (Lipinski definition) is 1. The largest absolute Gasteiger partial charge is 0.469 e. The minimum Gasteiger partial charge on any atom is -0.469 e. The fourth-order valence-corrected chi connectivity index (χ4v) is 4.82. The molecule has 1 amide bonds. The summed E-state index contributed by atoms with van der Waals surface area (Å²) >= 11 is 1.50. The highest BCUT2D eigenvalue weighted by atomic mass is 32.2. The van der Waals surface area contributed by atoms with Gasteiger partial charge in [0, 0.05) is 5.75 Å². The van der Waals surface area contributed by atoms with Gasteiger partial charge in [0.25, 0.3) is 0 Å². The lowest BCUT2D eigenvalue weighted by Crippen LogP contribution is -2.35. The number of amidine groups is 1. The third-order valence-corrected chi connectivity index (χ3v) is 6.28. The number of aliphatic imine (C=N–C) groups is 1. The number of thioether (sulfide) groups is 1. The van der Waals surface area contributed by atoms with Crippen LogP contribution in [-0.4, -0.2) is 35.9 Å². The van der Waals surface area contributed by atoms with Crippen LogP contribution in [-0.2, 0) is 14.3 Å². The minimum absolute atomic E-state index is 0.0242. The number of aryl methyl sites for hydroxylation is 1. The van der Waals surface area contributed by atoms with E-state index in [2.05, 4.69) is 29.4 Å². The molecule has 1 aliphatic heterocycles. The second-order valence-corrected chi connectivity index (χ2v) is 8.06. The van der Waals surface area contributed by atoms with Gasteiger partial charge in [-0.15, -0.1) is 0 Å². The van der Waals surface area contributed by atoms with Crippen molar-refractivity contribution in [2.75, 3.05) is 12.9 Å². The van der Waals surface area contributed by atoms with Crippen LogP contribution in [0, 0.1) is 12.8 Å². The molecule has 0 spiro atoms. The molecule has 140 valence electrons. The average Bonchev–Trinajstić information content (AvgIpc) is 3.29. The van der Waals surface area contributed by atoms with Crippen molar-refractivity contribution < 1.29 is 14.3 Å². The first-order valence-corrected chi connectivity index (χ1v) is 10.2. The van der Waals surface area contributed by atoms with E-state index in [1.54, 1.807) is 0 Å². The van der Waals surface area contributed by atoms with Crippen LogP contribution in [0.25, 0.3) is 0 Å². The highest BCUT2D eigenvalue weighted by Crippen LogP contribution is 2.38. The molecule has 6 heteroatoms. The lowest BCUT2D eigenvalue weighted by Gasteiger charge is -2.24. The maximum Gasteiger partial charge on any atom is 0.307 e. The first-order valence-electron chi connectivity index (χ1n) is 9.22. The van der Waals surface area contributed by atoms with Crippen molar-refractivity contribution in [2.24, 2.45) is 10.9 Å². The Hall–Kier alpha value is -1.82. The van der Waals surface area contributed by atoms with Crippen molar-refractivity contribution in [3.05, 3.63) is 35.4 Å². The van der Waals surface area contributed by atoms with Crippen LogP contribution < -0.4 is 5.32 Å². The number of nitrogens with one attached hydrogen (secondary N) is 1. The molecule has 2 atom stereocenters. The molecule has 0 saturated heterocycles. The molecule has 1 N–H and O–H groups in total. The molecule has 0 bridgehead atoms. The maximum absolute atomic E-state index is 13.1. The number of esters is 1. The minimum atomic E-state index is -0.268. The predicted molar refractivity (Wildman–Crippen MR) is 104 cm³/mol. The lowest BCUT2D eigenvalue weighted by molar-refractivity contribution is -0.140. The number of amides is 1. The van der Waals surface area contributed by atoms with Crippen molar-refractivity contribution in [3.63, 3.8) is 0 Å². The summed E-state index contributed by atoms with van der Waals surface area (Å²) < 4.78 is 4.70. The van der Waals surface area contributed by atoms with Crippen LogP contribution in [0.15, 0.2) is 29.3 Å². The molecule has 2 aliphatic rings. The smallest absolute Gasteiger partial charge is 0.307 e. The van der Waals surface area contributed by atoms with E-state index in [0.717, 1.165) is 24.0 Å². The van der Waals surface area contributed by atoms with Gasteiger partial charge in [-0.05, 0) is 36.8 Å². The Balaban J connectivity index is 1.73. The Kier molecular flexibility index (Phi) is 6.35. The van der Waals surface area contributed by atoms with Crippen LogP contribution in [0.1, 0.15) is 49.1 Å². The first kappa shape index (κ1) is 19.0. The normalized spacial score (nSPS) is 21.3. The number of ether oxygens (including phenoxy) is 1. The zero-order chi connectivity index (χ0) is 18.5. The molecule has 3 rings (SSSR count). The summed E-state index contributed by atoms with van der Waals surface area (Å²) in [5.74, 6) is 0.700. The summed E-state index contributed by atoms with van der Waals surface area (Å²) in [4.78, 5) is 29.0. The molecule has 1 aliphatic carbocycles. The van der Waals surface area contributed by atoms with Crippen LogP contribution in [0.2, 0.25) is 0 Å². The third kappa shape index (κ3) is 4.47. The Labute approximate surface area is 159 Å². The number of methoxy groups -OCH3 is 1. The molecule has 5 nitrogen and oxygen atoms in total. The first-order chi connectivity index (χ1) is 12.6. The van der Waals surface area contributed by atoms with Crippen molar-refractivity contribution in [2.45, 2.75) is 51.0 Å². The monoisotopic (exact) mass is 374 g/mol. The summed E-state index contributed by atoms with van der Waals surface area (Å²) in [6.45, 7) is 2.07. The van der Waals surface area contributed by atoms with Gasteiger partial charge in [-0.1, -0.05) is 48.9 Å². The van der Waals surface area contributed by atoms with Crippen LogP contribution in [0.3, 0.4) is 0 Å². The highest BCUT2D eigenvalue weighted by molar-refractivity contribution is 8.14. The summed E-state index contributed by atoms with van der Waals surface area (Å²) in [5, 5.41) is 3.65. The van der Waals surface area contributed by atoms with E-state index in [0.29, 0.717) is 16.8 Å². The van der Waals surface area contributed by atoms with Crippen molar-refractivity contribution in [3.8, 4) is 0 Å². The summed E-state index contributed by atoms with van der Waals surface area (Å²) in [6.07, 6.45) is 4.83. The molecule has 1 saturated carbocycles. The molecule has 1 fully saturated rings. The molecule has 2 unspecified atom stereocenters. The van der Waals surface area contributed by atoms with E-state index in [1.165, 1.54) is 31.7 Å². The molecule has 0 radical (unpaired) electrons. The number of carbonyl (C=O) groups excluding carboxylic acids is 2. The highest BCUT2D eigenvalue weighted by Gasteiger charge is 2.34. The topological polar surface area (TPSA) is 67.8 Å². The number of carbonyl (C=O) groups is 2. The Morgan fingerprint density at radius 3 is 2.73 bits per heavy atom. The third-order valence-electron chi connectivity index (χ3n) is 5.25. The fraction of sp³-hybridized carbons (Fsp3) is 0.550.